The monoisotopic (exact) mass is 405 g/mol. The van der Waals surface area contributed by atoms with Crippen molar-refractivity contribution >= 4 is 53.3 Å². The second-order valence-electron chi connectivity index (χ2n) is 5.65. The molecule has 0 radical (unpaired) electrons. The Balaban J connectivity index is 0.00000312. The van der Waals surface area contributed by atoms with E-state index in [1.807, 2.05) is 25.6 Å². The predicted octanol–water partition coefficient (Wildman–Crippen LogP) is 3.28. The Kier molecular flexibility index (Phi) is 9.64. The molecule has 1 heterocycles. The maximum absolute atomic E-state index is 12.4. The van der Waals surface area contributed by atoms with Gasteiger partial charge in [0.25, 0.3) is 5.91 Å². The van der Waals surface area contributed by atoms with E-state index in [0.29, 0.717) is 35.8 Å². The first-order valence-electron chi connectivity index (χ1n) is 8.25. The van der Waals surface area contributed by atoms with Crippen molar-refractivity contribution in [2.24, 2.45) is 0 Å². The van der Waals surface area contributed by atoms with E-state index in [1.54, 1.807) is 23.1 Å². The van der Waals surface area contributed by atoms with Gasteiger partial charge in [0.05, 0.1) is 10.6 Å². The van der Waals surface area contributed by atoms with Crippen molar-refractivity contribution in [2.45, 2.75) is 26.3 Å². The number of halogens is 2. The van der Waals surface area contributed by atoms with Gasteiger partial charge in [-0.1, -0.05) is 11.6 Å². The van der Waals surface area contributed by atoms with Gasteiger partial charge in [-0.3, -0.25) is 9.59 Å². The van der Waals surface area contributed by atoms with E-state index < -0.39 is 0 Å². The van der Waals surface area contributed by atoms with E-state index in [2.05, 4.69) is 10.6 Å². The topological polar surface area (TPSA) is 61.4 Å². The van der Waals surface area contributed by atoms with Crippen LogP contribution in [-0.4, -0.2) is 53.9 Å². The molecule has 0 aromatic heterocycles. The molecule has 8 heteroatoms. The Bertz CT molecular complexity index is 591. The Morgan fingerprint density at radius 3 is 2.64 bits per heavy atom. The minimum Gasteiger partial charge on any atom is -0.339 e. The first kappa shape index (κ1) is 22.1. The molecule has 0 saturated carbocycles. The van der Waals surface area contributed by atoms with Gasteiger partial charge in [0.1, 0.15) is 0 Å². The summed E-state index contributed by atoms with van der Waals surface area (Å²) in [6, 6.07) is 5.25. The molecule has 5 nitrogen and oxygen atoms in total. The summed E-state index contributed by atoms with van der Waals surface area (Å²) in [6.45, 7) is 6.08. The highest BCUT2D eigenvalue weighted by Gasteiger charge is 2.18. The summed E-state index contributed by atoms with van der Waals surface area (Å²) in [5.41, 5.74) is 1.08. The zero-order valence-corrected chi connectivity index (χ0v) is 16.9. The largest absolute Gasteiger partial charge is 0.339 e. The first-order chi connectivity index (χ1) is 11.5. The smallest absolute Gasteiger partial charge is 0.255 e. The van der Waals surface area contributed by atoms with Crippen molar-refractivity contribution in [2.75, 3.05) is 36.5 Å². The van der Waals surface area contributed by atoms with Gasteiger partial charge in [0.2, 0.25) is 5.91 Å². The summed E-state index contributed by atoms with van der Waals surface area (Å²) in [5, 5.41) is 6.55. The van der Waals surface area contributed by atoms with Crippen molar-refractivity contribution < 1.29 is 9.59 Å². The number of carbonyl (C=O) groups excluding carboxylic acids is 2. The molecular weight excluding hydrogens is 381 g/mol. The van der Waals surface area contributed by atoms with Crippen molar-refractivity contribution in [3.63, 3.8) is 0 Å². The van der Waals surface area contributed by atoms with Gasteiger partial charge in [-0.25, -0.2) is 0 Å². The van der Waals surface area contributed by atoms with E-state index >= 15 is 0 Å². The molecule has 0 bridgehead atoms. The SMILES string of the molecule is CCN(CC)C(=O)c1ccc(NC(=O)CC2CSCCN2)cc1Cl.Cl. The molecule has 1 aliphatic heterocycles. The molecule has 0 spiro atoms. The van der Waals surface area contributed by atoms with Crippen molar-refractivity contribution in [3.05, 3.63) is 28.8 Å². The third-order valence-electron chi connectivity index (χ3n) is 3.96. The highest BCUT2D eigenvalue weighted by Crippen LogP contribution is 2.23. The standard InChI is InChI=1S/C17H24ClN3O2S.ClH/c1-3-21(4-2)17(23)14-6-5-12(9-15(14)18)20-16(22)10-13-11-24-8-7-19-13;/h5-6,9,13,19H,3-4,7-8,10-11H2,1-2H3,(H,20,22);1H. The molecule has 1 saturated heterocycles. The molecule has 25 heavy (non-hydrogen) atoms. The van der Waals surface area contributed by atoms with Crippen LogP contribution in [0.1, 0.15) is 30.6 Å². The molecular formula is C17H25Cl2N3O2S. The molecule has 1 aromatic rings. The van der Waals surface area contributed by atoms with Crippen LogP contribution >= 0.6 is 35.8 Å². The molecule has 1 unspecified atom stereocenters. The summed E-state index contributed by atoms with van der Waals surface area (Å²) in [6.07, 6.45) is 0.435. The average Bonchev–Trinajstić information content (AvgIpc) is 2.56. The number of benzene rings is 1. The highest BCUT2D eigenvalue weighted by atomic mass is 35.5. The van der Waals surface area contributed by atoms with E-state index in [-0.39, 0.29) is 30.3 Å². The Morgan fingerprint density at radius 2 is 2.08 bits per heavy atom. The zero-order valence-electron chi connectivity index (χ0n) is 14.5. The van der Waals surface area contributed by atoms with Crippen LogP contribution < -0.4 is 10.6 Å². The normalized spacial score (nSPS) is 16.7. The second kappa shape index (κ2) is 10.9. The van der Waals surface area contributed by atoms with Crippen LogP contribution in [0.2, 0.25) is 5.02 Å². The number of carbonyl (C=O) groups is 2. The lowest BCUT2D eigenvalue weighted by molar-refractivity contribution is -0.116. The molecule has 2 N–H and O–H groups in total. The number of anilines is 1. The Morgan fingerprint density at radius 1 is 1.36 bits per heavy atom. The minimum atomic E-state index is -0.0914. The lowest BCUT2D eigenvalue weighted by Gasteiger charge is -2.22. The lowest BCUT2D eigenvalue weighted by atomic mass is 10.1. The molecule has 1 aromatic carbocycles. The van der Waals surface area contributed by atoms with Crippen LogP contribution in [0.4, 0.5) is 5.69 Å². The third kappa shape index (κ3) is 6.37. The Labute approximate surface area is 164 Å². The molecule has 1 aliphatic rings. The van der Waals surface area contributed by atoms with Gasteiger partial charge >= 0.3 is 0 Å². The number of hydrogen-bond acceptors (Lipinski definition) is 4. The van der Waals surface area contributed by atoms with Gasteiger partial charge in [0.15, 0.2) is 0 Å². The van der Waals surface area contributed by atoms with Crippen LogP contribution in [0.25, 0.3) is 0 Å². The van der Waals surface area contributed by atoms with Gasteiger partial charge < -0.3 is 15.5 Å². The lowest BCUT2D eigenvalue weighted by Crippen LogP contribution is -2.39. The fraction of sp³-hybridized carbons (Fsp3) is 0.529. The molecule has 140 valence electrons. The van der Waals surface area contributed by atoms with E-state index in [1.165, 1.54) is 0 Å². The Hall–Kier alpha value is -0.950. The highest BCUT2D eigenvalue weighted by molar-refractivity contribution is 7.99. The fourth-order valence-electron chi connectivity index (χ4n) is 2.63. The maximum Gasteiger partial charge on any atom is 0.255 e. The van der Waals surface area contributed by atoms with Crippen LogP contribution in [0.3, 0.4) is 0 Å². The second-order valence-corrected chi connectivity index (χ2v) is 7.21. The van der Waals surface area contributed by atoms with Crippen molar-refractivity contribution in [3.8, 4) is 0 Å². The van der Waals surface area contributed by atoms with Crippen LogP contribution in [0, 0.1) is 0 Å². The first-order valence-corrected chi connectivity index (χ1v) is 9.78. The summed E-state index contributed by atoms with van der Waals surface area (Å²) in [7, 11) is 0. The number of amides is 2. The molecule has 1 atom stereocenters. The van der Waals surface area contributed by atoms with Gasteiger partial charge in [-0.15, -0.1) is 12.4 Å². The van der Waals surface area contributed by atoms with Gasteiger partial charge in [-0.2, -0.15) is 11.8 Å². The average molecular weight is 406 g/mol. The summed E-state index contributed by atoms with van der Waals surface area (Å²) >= 11 is 8.10. The quantitative estimate of drug-likeness (QED) is 0.761. The molecule has 2 amide bonds. The third-order valence-corrected chi connectivity index (χ3v) is 5.41. The van der Waals surface area contributed by atoms with E-state index in [0.717, 1.165) is 18.1 Å². The zero-order chi connectivity index (χ0) is 17.5. The van der Waals surface area contributed by atoms with Crippen LogP contribution in [-0.2, 0) is 4.79 Å². The fourth-order valence-corrected chi connectivity index (χ4v) is 3.84. The minimum absolute atomic E-state index is 0. The number of nitrogens with zero attached hydrogens (tertiary/aromatic N) is 1. The maximum atomic E-state index is 12.4. The predicted molar refractivity (Wildman–Crippen MR) is 108 cm³/mol. The molecule has 2 rings (SSSR count). The van der Waals surface area contributed by atoms with Crippen molar-refractivity contribution in [1.29, 1.82) is 0 Å². The number of rotatable bonds is 6. The summed E-state index contributed by atoms with van der Waals surface area (Å²) < 4.78 is 0. The van der Waals surface area contributed by atoms with Gasteiger partial charge in [0, 0.05) is 49.3 Å². The summed E-state index contributed by atoms with van der Waals surface area (Å²) in [5.74, 6) is 1.90. The molecule has 0 aliphatic carbocycles. The number of thioether (sulfide) groups is 1. The van der Waals surface area contributed by atoms with Crippen LogP contribution in [0.15, 0.2) is 18.2 Å². The molecule has 1 fully saturated rings. The van der Waals surface area contributed by atoms with E-state index in [9.17, 15) is 9.59 Å². The van der Waals surface area contributed by atoms with Gasteiger partial charge in [-0.05, 0) is 32.0 Å². The van der Waals surface area contributed by atoms with Crippen molar-refractivity contribution in [1.82, 2.24) is 10.2 Å². The number of nitrogens with one attached hydrogen (secondary N) is 2. The van der Waals surface area contributed by atoms with E-state index in [4.69, 9.17) is 11.6 Å². The number of hydrogen-bond donors (Lipinski definition) is 2. The van der Waals surface area contributed by atoms with Crippen LogP contribution in [0.5, 0.6) is 0 Å². The summed E-state index contributed by atoms with van der Waals surface area (Å²) in [4.78, 5) is 26.2.